The first-order valence-electron chi connectivity index (χ1n) is 7.67. The third-order valence-corrected chi connectivity index (χ3v) is 4.90. The van der Waals surface area contributed by atoms with E-state index in [1.54, 1.807) is 6.07 Å². The lowest BCUT2D eigenvalue weighted by atomic mass is 9.93. The van der Waals surface area contributed by atoms with E-state index in [9.17, 15) is 20.0 Å². The number of hydrogen-bond donors (Lipinski definition) is 3. The molecule has 2 aliphatic rings. The highest BCUT2D eigenvalue weighted by molar-refractivity contribution is 5.67. The minimum atomic E-state index is -1.16. The van der Waals surface area contributed by atoms with Gasteiger partial charge in [0.2, 0.25) is 0 Å². The highest BCUT2D eigenvalue weighted by Gasteiger charge is 2.51. The SMILES string of the molecule is N#Cc1cc(C(O)C2(NC(=O)O)CC2)cc2c1CC(CC=O)C2. The van der Waals surface area contributed by atoms with Crippen LogP contribution in [-0.2, 0) is 17.6 Å². The first kappa shape index (κ1) is 15.5. The van der Waals surface area contributed by atoms with E-state index in [1.165, 1.54) is 0 Å². The molecule has 0 spiro atoms. The number of amides is 1. The molecule has 0 aromatic heterocycles. The number of fused-ring (bicyclic) bond motifs is 1. The zero-order valence-electron chi connectivity index (χ0n) is 12.6. The van der Waals surface area contributed by atoms with Crippen molar-refractivity contribution in [1.29, 1.82) is 5.26 Å². The molecule has 0 saturated heterocycles. The van der Waals surface area contributed by atoms with Crippen molar-refractivity contribution in [2.24, 2.45) is 5.92 Å². The lowest BCUT2D eigenvalue weighted by Crippen LogP contribution is -2.40. The zero-order valence-corrected chi connectivity index (χ0v) is 12.6. The molecule has 6 nitrogen and oxygen atoms in total. The number of aliphatic hydroxyl groups excluding tert-OH is 1. The van der Waals surface area contributed by atoms with Gasteiger partial charge < -0.3 is 20.3 Å². The van der Waals surface area contributed by atoms with Gasteiger partial charge in [-0.1, -0.05) is 6.07 Å². The lowest BCUT2D eigenvalue weighted by molar-refractivity contribution is -0.108. The molecule has 3 N–H and O–H groups in total. The summed E-state index contributed by atoms with van der Waals surface area (Å²) in [6.07, 6.45) is 1.79. The molecule has 1 saturated carbocycles. The van der Waals surface area contributed by atoms with Crippen molar-refractivity contribution < 1.29 is 19.8 Å². The Labute approximate surface area is 133 Å². The minimum absolute atomic E-state index is 0.203. The molecule has 0 heterocycles. The number of carbonyl (C=O) groups excluding carboxylic acids is 1. The molecular weight excluding hydrogens is 296 g/mol. The predicted octanol–water partition coefficient (Wildman–Crippen LogP) is 1.70. The molecule has 0 radical (unpaired) electrons. The number of hydrogen-bond acceptors (Lipinski definition) is 4. The Morgan fingerprint density at radius 2 is 2.22 bits per heavy atom. The molecule has 120 valence electrons. The number of aliphatic hydroxyl groups is 1. The van der Waals surface area contributed by atoms with Crippen LogP contribution in [0.5, 0.6) is 0 Å². The fourth-order valence-electron chi connectivity index (χ4n) is 3.55. The Bertz CT molecular complexity index is 703. The van der Waals surface area contributed by atoms with Crippen molar-refractivity contribution in [3.05, 3.63) is 34.4 Å². The Balaban J connectivity index is 1.91. The first-order valence-corrected chi connectivity index (χ1v) is 7.67. The Morgan fingerprint density at radius 1 is 1.48 bits per heavy atom. The van der Waals surface area contributed by atoms with Crippen LogP contribution in [0.25, 0.3) is 0 Å². The van der Waals surface area contributed by atoms with E-state index >= 15 is 0 Å². The van der Waals surface area contributed by atoms with Crippen molar-refractivity contribution in [2.75, 3.05) is 0 Å². The first-order chi connectivity index (χ1) is 11.0. The summed E-state index contributed by atoms with van der Waals surface area (Å²) in [6, 6.07) is 5.67. The maximum atomic E-state index is 10.9. The second-order valence-corrected chi connectivity index (χ2v) is 6.48. The quantitative estimate of drug-likeness (QED) is 0.716. The molecule has 2 unspecified atom stereocenters. The predicted molar refractivity (Wildman–Crippen MR) is 80.8 cm³/mol. The minimum Gasteiger partial charge on any atom is -0.465 e. The van der Waals surface area contributed by atoms with E-state index in [4.69, 9.17) is 5.11 Å². The molecule has 23 heavy (non-hydrogen) atoms. The molecule has 1 aromatic rings. The van der Waals surface area contributed by atoms with Crippen LogP contribution in [0, 0.1) is 17.2 Å². The van der Waals surface area contributed by atoms with Crippen LogP contribution in [0.3, 0.4) is 0 Å². The Hall–Kier alpha value is -2.39. The number of aldehydes is 1. The van der Waals surface area contributed by atoms with E-state index in [2.05, 4.69) is 11.4 Å². The molecule has 1 fully saturated rings. The normalized spacial score (nSPS) is 21.8. The fraction of sp³-hybridized carbons (Fsp3) is 0.471. The van der Waals surface area contributed by atoms with Gasteiger partial charge in [0.1, 0.15) is 12.4 Å². The van der Waals surface area contributed by atoms with Crippen molar-refractivity contribution in [3.8, 4) is 6.07 Å². The van der Waals surface area contributed by atoms with Gasteiger partial charge in [-0.2, -0.15) is 5.26 Å². The smallest absolute Gasteiger partial charge is 0.405 e. The standard InChI is InChI=1S/C17H18N2O4/c18-9-13-8-12(15(21)17(2-3-17)19-16(22)23)7-11-5-10(1-4-20)6-14(11)13/h4,7-8,10,15,19,21H,1-3,5-6H2,(H,22,23). The Kier molecular flexibility index (Phi) is 3.82. The van der Waals surface area contributed by atoms with Crippen LogP contribution in [-0.4, -0.2) is 28.1 Å². The number of carbonyl (C=O) groups is 2. The molecule has 0 aliphatic heterocycles. The monoisotopic (exact) mass is 314 g/mol. The van der Waals surface area contributed by atoms with E-state index < -0.39 is 17.7 Å². The largest absolute Gasteiger partial charge is 0.465 e. The van der Waals surface area contributed by atoms with Crippen molar-refractivity contribution in [1.82, 2.24) is 5.32 Å². The topological polar surface area (TPSA) is 110 Å². The maximum absolute atomic E-state index is 10.9. The van der Waals surface area contributed by atoms with Crippen molar-refractivity contribution in [3.63, 3.8) is 0 Å². The number of benzene rings is 1. The average Bonchev–Trinajstić information content (AvgIpc) is 3.16. The summed E-state index contributed by atoms with van der Waals surface area (Å²) >= 11 is 0. The van der Waals surface area contributed by atoms with E-state index in [1.807, 2.05) is 6.07 Å². The van der Waals surface area contributed by atoms with Crippen LogP contribution in [0.1, 0.15) is 47.6 Å². The van der Waals surface area contributed by atoms with Crippen LogP contribution < -0.4 is 5.32 Å². The van der Waals surface area contributed by atoms with E-state index in [0.717, 1.165) is 17.4 Å². The van der Waals surface area contributed by atoms with Crippen LogP contribution >= 0.6 is 0 Å². The van der Waals surface area contributed by atoms with Crippen LogP contribution in [0.15, 0.2) is 12.1 Å². The zero-order chi connectivity index (χ0) is 16.6. The van der Waals surface area contributed by atoms with Gasteiger partial charge in [0.15, 0.2) is 0 Å². The lowest BCUT2D eigenvalue weighted by Gasteiger charge is -2.23. The maximum Gasteiger partial charge on any atom is 0.405 e. The van der Waals surface area contributed by atoms with Gasteiger partial charge in [-0.25, -0.2) is 4.79 Å². The molecule has 3 rings (SSSR count). The summed E-state index contributed by atoms with van der Waals surface area (Å²) in [5.41, 5.74) is 2.17. The number of nitriles is 1. The second-order valence-electron chi connectivity index (χ2n) is 6.48. The summed E-state index contributed by atoms with van der Waals surface area (Å²) in [4.78, 5) is 21.6. The molecule has 2 atom stereocenters. The molecule has 1 aromatic carbocycles. The third-order valence-electron chi connectivity index (χ3n) is 4.90. The molecule has 6 heteroatoms. The second kappa shape index (κ2) is 5.67. The molecule has 0 bridgehead atoms. The van der Waals surface area contributed by atoms with Crippen molar-refractivity contribution >= 4 is 12.4 Å². The summed E-state index contributed by atoms with van der Waals surface area (Å²) < 4.78 is 0. The number of rotatable bonds is 5. The van der Waals surface area contributed by atoms with Gasteiger partial charge in [0, 0.05) is 6.42 Å². The third kappa shape index (κ3) is 2.80. The van der Waals surface area contributed by atoms with Gasteiger partial charge in [-0.05, 0) is 54.4 Å². The summed E-state index contributed by atoms with van der Waals surface area (Å²) in [5.74, 6) is 0.203. The van der Waals surface area contributed by atoms with Crippen molar-refractivity contribution in [2.45, 2.75) is 43.7 Å². The number of nitrogens with zero attached hydrogens (tertiary/aromatic N) is 1. The highest BCUT2D eigenvalue weighted by Crippen LogP contribution is 2.47. The summed E-state index contributed by atoms with van der Waals surface area (Å²) in [7, 11) is 0. The summed E-state index contributed by atoms with van der Waals surface area (Å²) in [6.45, 7) is 0. The van der Waals surface area contributed by atoms with Gasteiger partial charge in [-0.15, -0.1) is 0 Å². The van der Waals surface area contributed by atoms with Gasteiger partial charge >= 0.3 is 6.09 Å². The van der Waals surface area contributed by atoms with Gasteiger partial charge in [0.25, 0.3) is 0 Å². The van der Waals surface area contributed by atoms with Crippen LogP contribution in [0.2, 0.25) is 0 Å². The van der Waals surface area contributed by atoms with Gasteiger partial charge in [-0.3, -0.25) is 0 Å². The van der Waals surface area contributed by atoms with Crippen LogP contribution in [0.4, 0.5) is 4.79 Å². The van der Waals surface area contributed by atoms with E-state index in [-0.39, 0.29) is 5.92 Å². The average molecular weight is 314 g/mol. The Morgan fingerprint density at radius 3 is 2.78 bits per heavy atom. The fourth-order valence-corrected chi connectivity index (χ4v) is 3.55. The van der Waals surface area contributed by atoms with E-state index in [0.29, 0.717) is 43.2 Å². The highest BCUT2D eigenvalue weighted by atomic mass is 16.4. The molecular formula is C17H18N2O4. The van der Waals surface area contributed by atoms with Gasteiger partial charge in [0.05, 0.1) is 17.2 Å². The molecule has 2 aliphatic carbocycles. The number of nitrogens with one attached hydrogen (secondary N) is 1. The number of carboxylic acid groups (broad SMARTS) is 1. The summed E-state index contributed by atoms with van der Waals surface area (Å²) in [5, 5.41) is 31.3. The molecule has 1 amide bonds.